The minimum atomic E-state index is -1.10. The standard InChI is InChI=1S/C19H33NO5/c1-4-15(2)16(3)25-19(23)17(14-18(21)22)8-6-5-7-9-20-10-12-24-13-11-20/h14-16H,4-13H2,1-3H3,(H,21,22)/b17-14+. The van der Waals surface area contributed by atoms with Crippen LogP contribution in [-0.4, -0.2) is 60.9 Å². The number of rotatable bonds is 11. The van der Waals surface area contributed by atoms with Crippen LogP contribution >= 0.6 is 0 Å². The largest absolute Gasteiger partial charge is 0.478 e. The Morgan fingerprint density at radius 3 is 2.48 bits per heavy atom. The van der Waals surface area contributed by atoms with Crippen molar-refractivity contribution in [3.05, 3.63) is 11.6 Å². The fourth-order valence-electron chi connectivity index (χ4n) is 2.73. The molecule has 1 heterocycles. The van der Waals surface area contributed by atoms with Gasteiger partial charge in [-0.25, -0.2) is 9.59 Å². The van der Waals surface area contributed by atoms with Crippen molar-refractivity contribution in [2.24, 2.45) is 5.92 Å². The molecule has 1 fully saturated rings. The van der Waals surface area contributed by atoms with Crippen molar-refractivity contribution in [1.82, 2.24) is 4.90 Å². The van der Waals surface area contributed by atoms with Gasteiger partial charge in [-0.05, 0) is 38.6 Å². The number of hydrogen-bond acceptors (Lipinski definition) is 5. The Balaban J connectivity index is 2.37. The van der Waals surface area contributed by atoms with Gasteiger partial charge in [-0.15, -0.1) is 0 Å². The molecule has 0 aliphatic carbocycles. The predicted molar refractivity (Wildman–Crippen MR) is 96.5 cm³/mol. The van der Waals surface area contributed by atoms with Gasteiger partial charge in [0.15, 0.2) is 0 Å². The number of morpholine rings is 1. The average Bonchev–Trinajstić information content (AvgIpc) is 2.60. The Kier molecular flexibility index (Phi) is 10.4. The van der Waals surface area contributed by atoms with E-state index >= 15 is 0 Å². The highest BCUT2D eigenvalue weighted by Crippen LogP contribution is 2.16. The second-order valence-corrected chi connectivity index (χ2v) is 6.77. The lowest BCUT2D eigenvalue weighted by atomic mass is 10.0. The lowest BCUT2D eigenvalue weighted by Crippen LogP contribution is -2.36. The molecule has 0 spiro atoms. The quantitative estimate of drug-likeness (QED) is 0.349. The minimum absolute atomic E-state index is 0.212. The lowest BCUT2D eigenvalue weighted by Gasteiger charge is -2.26. The van der Waals surface area contributed by atoms with Gasteiger partial charge in [0, 0.05) is 24.7 Å². The molecular formula is C19H33NO5. The van der Waals surface area contributed by atoms with Crippen LogP contribution in [0.1, 0.15) is 52.9 Å². The van der Waals surface area contributed by atoms with Gasteiger partial charge < -0.3 is 14.6 Å². The average molecular weight is 355 g/mol. The second-order valence-electron chi connectivity index (χ2n) is 6.77. The normalized spacial score (nSPS) is 18.6. The van der Waals surface area contributed by atoms with Gasteiger partial charge in [0.05, 0.1) is 13.2 Å². The lowest BCUT2D eigenvalue weighted by molar-refractivity contribution is -0.146. The van der Waals surface area contributed by atoms with Gasteiger partial charge in [-0.3, -0.25) is 4.90 Å². The SMILES string of the molecule is CCC(C)C(C)OC(=O)/C(=C/C(=O)O)CCCCCN1CCOCC1. The summed E-state index contributed by atoms with van der Waals surface area (Å²) in [4.78, 5) is 25.6. The molecule has 1 aliphatic heterocycles. The Hall–Kier alpha value is -1.40. The predicted octanol–water partition coefficient (Wildman–Crippen LogP) is 2.87. The molecule has 0 aromatic rings. The number of carbonyl (C=O) groups excluding carboxylic acids is 1. The van der Waals surface area contributed by atoms with Gasteiger partial charge in [0.25, 0.3) is 0 Å². The van der Waals surface area contributed by atoms with Gasteiger partial charge in [-0.2, -0.15) is 0 Å². The third-order valence-electron chi connectivity index (χ3n) is 4.82. The molecule has 1 saturated heterocycles. The molecule has 1 N–H and O–H groups in total. The first-order valence-electron chi connectivity index (χ1n) is 9.38. The number of carboxylic acid groups (broad SMARTS) is 1. The third kappa shape index (κ3) is 9.02. The van der Waals surface area contributed by atoms with Crippen molar-refractivity contribution >= 4 is 11.9 Å². The van der Waals surface area contributed by atoms with Crippen LogP contribution in [0, 0.1) is 5.92 Å². The Morgan fingerprint density at radius 2 is 1.88 bits per heavy atom. The summed E-state index contributed by atoms with van der Waals surface area (Å²) in [6, 6.07) is 0. The summed E-state index contributed by atoms with van der Waals surface area (Å²) < 4.78 is 10.7. The van der Waals surface area contributed by atoms with E-state index in [0.717, 1.165) is 64.6 Å². The number of unbranched alkanes of at least 4 members (excludes halogenated alkanes) is 2. The molecule has 2 atom stereocenters. The van der Waals surface area contributed by atoms with E-state index in [0.29, 0.717) is 6.42 Å². The molecule has 1 rings (SSSR count). The number of esters is 1. The van der Waals surface area contributed by atoms with Gasteiger partial charge >= 0.3 is 11.9 Å². The maximum absolute atomic E-state index is 12.2. The first kappa shape index (κ1) is 21.6. The third-order valence-corrected chi connectivity index (χ3v) is 4.82. The van der Waals surface area contributed by atoms with Crippen molar-refractivity contribution in [2.75, 3.05) is 32.8 Å². The van der Waals surface area contributed by atoms with Gasteiger partial charge in [0.2, 0.25) is 0 Å². The fraction of sp³-hybridized carbons (Fsp3) is 0.789. The molecule has 2 unspecified atom stereocenters. The highest BCUT2D eigenvalue weighted by molar-refractivity contribution is 5.95. The van der Waals surface area contributed by atoms with Crippen LogP contribution in [0.5, 0.6) is 0 Å². The van der Waals surface area contributed by atoms with E-state index in [9.17, 15) is 9.59 Å². The molecule has 6 nitrogen and oxygen atoms in total. The summed E-state index contributed by atoms with van der Waals surface area (Å²) in [7, 11) is 0. The second kappa shape index (κ2) is 12.0. The minimum Gasteiger partial charge on any atom is -0.478 e. The maximum atomic E-state index is 12.2. The first-order chi connectivity index (χ1) is 11.9. The molecule has 0 saturated carbocycles. The van der Waals surface area contributed by atoms with Gasteiger partial charge in [0.1, 0.15) is 6.10 Å². The molecule has 1 aliphatic rings. The molecule has 0 amide bonds. The van der Waals surface area contributed by atoms with Crippen molar-refractivity contribution in [3.8, 4) is 0 Å². The number of carbonyl (C=O) groups is 2. The topological polar surface area (TPSA) is 76.1 Å². The van der Waals surface area contributed by atoms with Crippen molar-refractivity contribution in [1.29, 1.82) is 0 Å². The Labute approximate surface area is 151 Å². The highest BCUT2D eigenvalue weighted by Gasteiger charge is 2.19. The van der Waals surface area contributed by atoms with Crippen LogP contribution in [0.4, 0.5) is 0 Å². The number of ether oxygens (including phenoxy) is 2. The molecule has 6 heteroatoms. The van der Waals surface area contributed by atoms with Crippen molar-refractivity contribution in [3.63, 3.8) is 0 Å². The highest BCUT2D eigenvalue weighted by atomic mass is 16.5. The molecule has 0 bridgehead atoms. The summed E-state index contributed by atoms with van der Waals surface area (Å²) in [5.74, 6) is -1.34. The van der Waals surface area contributed by atoms with Crippen molar-refractivity contribution in [2.45, 2.75) is 59.0 Å². The molecule has 144 valence electrons. The fourth-order valence-corrected chi connectivity index (χ4v) is 2.73. The van der Waals surface area contributed by atoms with Crippen LogP contribution in [-0.2, 0) is 19.1 Å². The molecule has 25 heavy (non-hydrogen) atoms. The Morgan fingerprint density at radius 1 is 1.20 bits per heavy atom. The van der Waals surface area contributed by atoms with Crippen LogP contribution in [0.2, 0.25) is 0 Å². The smallest absolute Gasteiger partial charge is 0.334 e. The van der Waals surface area contributed by atoms with E-state index in [2.05, 4.69) is 4.90 Å². The zero-order valence-electron chi connectivity index (χ0n) is 15.8. The summed E-state index contributed by atoms with van der Waals surface area (Å²) in [6.45, 7) is 10.5. The van der Waals surface area contributed by atoms with E-state index in [1.165, 1.54) is 0 Å². The zero-order chi connectivity index (χ0) is 18.7. The van der Waals surface area contributed by atoms with Gasteiger partial charge in [-0.1, -0.05) is 26.7 Å². The molecule has 0 aromatic carbocycles. The summed E-state index contributed by atoms with van der Waals surface area (Å²) in [5.41, 5.74) is 0.258. The number of hydrogen-bond donors (Lipinski definition) is 1. The molecular weight excluding hydrogens is 322 g/mol. The monoisotopic (exact) mass is 355 g/mol. The zero-order valence-corrected chi connectivity index (χ0v) is 15.8. The van der Waals surface area contributed by atoms with E-state index < -0.39 is 11.9 Å². The number of carboxylic acids is 1. The summed E-state index contributed by atoms with van der Waals surface area (Å²) in [6.07, 6.45) is 4.93. The summed E-state index contributed by atoms with van der Waals surface area (Å²) in [5, 5.41) is 8.99. The molecule has 0 aromatic heterocycles. The first-order valence-corrected chi connectivity index (χ1v) is 9.38. The van der Waals surface area contributed by atoms with E-state index in [-0.39, 0.29) is 17.6 Å². The van der Waals surface area contributed by atoms with Crippen molar-refractivity contribution < 1.29 is 24.2 Å². The maximum Gasteiger partial charge on any atom is 0.334 e. The molecule has 0 radical (unpaired) electrons. The van der Waals surface area contributed by atoms with Crippen LogP contribution < -0.4 is 0 Å². The van der Waals surface area contributed by atoms with Crippen LogP contribution in [0.15, 0.2) is 11.6 Å². The Bertz CT molecular complexity index is 443. The van der Waals surface area contributed by atoms with E-state index in [4.69, 9.17) is 14.6 Å². The number of nitrogens with zero attached hydrogens (tertiary/aromatic N) is 1. The van der Waals surface area contributed by atoms with E-state index in [1.807, 2.05) is 20.8 Å². The number of aliphatic carboxylic acids is 1. The van der Waals surface area contributed by atoms with Crippen LogP contribution in [0.25, 0.3) is 0 Å². The van der Waals surface area contributed by atoms with Crippen LogP contribution in [0.3, 0.4) is 0 Å². The van der Waals surface area contributed by atoms with E-state index in [1.54, 1.807) is 0 Å². The summed E-state index contributed by atoms with van der Waals surface area (Å²) >= 11 is 0.